The predicted molar refractivity (Wildman–Crippen MR) is 44.5 cm³/mol. The van der Waals surface area contributed by atoms with Gasteiger partial charge in [0.2, 0.25) is 0 Å². The molecule has 1 atom stereocenters. The third-order valence-corrected chi connectivity index (χ3v) is 2.21. The molecule has 1 aromatic rings. The molecule has 0 amide bonds. The number of nitrogens with zero attached hydrogens (tertiary/aromatic N) is 1. The van der Waals surface area contributed by atoms with E-state index < -0.39 is 0 Å². The average Bonchev–Trinajstić information content (AvgIpc) is 2.76. The fourth-order valence-electron chi connectivity index (χ4n) is 1.51. The number of carbonyl (C=O) groups is 1. The summed E-state index contributed by atoms with van der Waals surface area (Å²) in [6.45, 7) is 1.62. The van der Waals surface area contributed by atoms with Crippen LogP contribution in [0.3, 0.4) is 0 Å². The van der Waals surface area contributed by atoms with Crippen LogP contribution < -0.4 is 0 Å². The van der Waals surface area contributed by atoms with Crippen LogP contribution in [0.25, 0.3) is 0 Å². The molecule has 4 heteroatoms. The molecule has 0 aliphatic carbocycles. The molecule has 0 bridgehead atoms. The molecule has 0 radical (unpaired) electrons. The molecule has 1 aliphatic heterocycles. The Morgan fingerprint density at radius 1 is 1.69 bits per heavy atom. The van der Waals surface area contributed by atoms with Gasteiger partial charge in [-0.25, -0.2) is 0 Å². The van der Waals surface area contributed by atoms with Gasteiger partial charge in [0.15, 0.2) is 6.29 Å². The van der Waals surface area contributed by atoms with Crippen molar-refractivity contribution in [3.63, 3.8) is 0 Å². The fourth-order valence-corrected chi connectivity index (χ4v) is 1.51. The minimum absolute atomic E-state index is 0.369. The molecule has 2 rings (SSSR count). The van der Waals surface area contributed by atoms with Crippen LogP contribution in [-0.4, -0.2) is 24.7 Å². The maximum Gasteiger partial charge on any atom is 0.171 e. The zero-order chi connectivity index (χ0) is 9.10. The molecule has 1 saturated heterocycles. The van der Waals surface area contributed by atoms with Crippen LogP contribution in [0, 0.1) is 5.92 Å². The molecule has 2 heterocycles. The quantitative estimate of drug-likeness (QED) is 0.654. The van der Waals surface area contributed by atoms with E-state index in [1.54, 1.807) is 6.07 Å². The number of hydrogen-bond donors (Lipinski definition) is 0. The van der Waals surface area contributed by atoms with E-state index in [1.807, 2.05) is 0 Å². The highest BCUT2D eigenvalue weighted by molar-refractivity contribution is 5.71. The lowest BCUT2D eigenvalue weighted by Crippen LogP contribution is -2.02. The molecule has 1 aliphatic rings. The van der Waals surface area contributed by atoms with E-state index in [2.05, 4.69) is 5.16 Å². The minimum atomic E-state index is 0.369. The molecule has 4 nitrogen and oxygen atoms in total. The van der Waals surface area contributed by atoms with Gasteiger partial charge in [0.05, 0.1) is 0 Å². The van der Waals surface area contributed by atoms with Crippen LogP contribution in [0.15, 0.2) is 10.6 Å². The van der Waals surface area contributed by atoms with Crippen LogP contribution >= 0.6 is 0 Å². The van der Waals surface area contributed by atoms with E-state index >= 15 is 0 Å². The first-order valence-corrected chi connectivity index (χ1v) is 4.37. The highest BCUT2D eigenvalue weighted by atomic mass is 16.5. The zero-order valence-corrected chi connectivity index (χ0v) is 7.23. The number of carbonyl (C=O) groups excluding carboxylic acids is 1. The molecular formula is C9H11NO3. The van der Waals surface area contributed by atoms with Crippen LogP contribution in [0.2, 0.25) is 0 Å². The van der Waals surface area contributed by atoms with Crippen molar-refractivity contribution >= 4 is 6.29 Å². The minimum Gasteiger partial charge on any atom is -0.381 e. The van der Waals surface area contributed by atoms with Crippen LogP contribution in [0.4, 0.5) is 0 Å². The van der Waals surface area contributed by atoms with Gasteiger partial charge in [-0.05, 0) is 12.3 Å². The summed E-state index contributed by atoms with van der Waals surface area (Å²) in [5.74, 6) is 1.30. The van der Waals surface area contributed by atoms with Gasteiger partial charge in [0.1, 0.15) is 11.5 Å². The second-order valence-electron chi connectivity index (χ2n) is 3.27. The third-order valence-electron chi connectivity index (χ3n) is 2.21. The van der Waals surface area contributed by atoms with Crippen LogP contribution in [-0.2, 0) is 11.2 Å². The van der Waals surface area contributed by atoms with Crippen LogP contribution in [0.5, 0.6) is 0 Å². The first kappa shape index (κ1) is 8.44. The maximum absolute atomic E-state index is 10.3. The third kappa shape index (κ3) is 1.95. The summed E-state index contributed by atoms with van der Waals surface area (Å²) in [6, 6.07) is 1.69. The van der Waals surface area contributed by atoms with E-state index in [1.165, 1.54) is 0 Å². The summed E-state index contributed by atoms with van der Waals surface area (Å²) < 4.78 is 10.2. The Hall–Kier alpha value is -1.16. The summed E-state index contributed by atoms with van der Waals surface area (Å²) in [5, 5.41) is 3.59. The maximum atomic E-state index is 10.3. The Balaban J connectivity index is 1.96. The number of aromatic nitrogens is 1. The summed E-state index contributed by atoms with van der Waals surface area (Å²) in [5.41, 5.74) is 0.369. The van der Waals surface area contributed by atoms with Crippen molar-refractivity contribution in [2.45, 2.75) is 12.8 Å². The van der Waals surface area contributed by atoms with E-state index in [0.29, 0.717) is 17.9 Å². The number of hydrogen-bond acceptors (Lipinski definition) is 4. The Kier molecular flexibility index (Phi) is 2.40. The molecular weight excluding hydrogens is 170 g/mol. The number of rotatable bonds is 3. The van der Waals surface area contributed by atoms with Gasteiger partial charge in [-0.3, -0.25) is 4.79 Å². The smallest absolute Gasteiger partial charge is 0.171 e. The van der Waals surface area contributed by atoms with Crippen molar-refractivity contribution in [2.75, 3.05) is 13.2 Å². The highest BCUT2D eigenvalue weighted by Crippen LogP contribution is 2.18. The van der Waals surface area contributed by atoms with Gasteiger partial charge in [-0.15, -0.1) is 0 Å². The molecule has 0 spiro atoms. The molecule has 1 unspecified atom stereocenters. The highest BCUT2D eigenvalue weighted by Gasteiger charge is 2.18. The van der Waals surface area contributed by atoms with Gasteiger partial charge in [0, 0.05) is 25.7 Å². The Bertz CT molecular complexity index is 289. The molecule has 70 valence electrons. The molecule has 1 aromatic heterocycles. The standard InChI is InChI=1S/C9H11NO3/c11-5-8-4-9(13-10-8)3-7-1-2-12-6-7/h4-5,7H,1-3,6H2. The molecule has 0 saturated carbocycles. The summed E-state index contributed by atoms with van der Waals surface area (Å²) in [7, 11) is 0. The van der Waals surface area contributed by atoms with Gasteiger partial charge in [-0.2, -0.15) is 0 Å². The van der Waals surface area contributed by atoms with E-state index in [4.69, 9.17) is 9.26 Å². The topological polar surface area (TPSA) is 52.3 Å². The SMILES string of the molecule is O=Cc1cc(CC2CCOC2)on1. The Labute approximate surface area is 75.9 Å². The van der Waals surface area contributed by atoms with E-state index in [9.17, 15) is 4.79 Å². The molecule has 1 fully saturated rings. The first-order valence-electron chi connectivity index (χ1n) is 4.37. The van der Waals surface area contributed by atoms with Crippen molar-refractivity contribution in [1.82, 2.24) is 5.16 Å². The summed E-state index contributed by atoms with van der Waals surface area (Å²) >= 11 is 0. The van der Waals surface area contributed by atoms with Gasteiger partial charge in [0.25, 0.3) is 0 Å². The molecule has 13 heavy (non-hydrogen) atoms. The average molecular weight is 181 g/mol. The van der Waals surface area contributed by atoms with Crippen molar-refractivity contribution < 1.29 is 14.1 Å². The van der Waals surface area contributed by atoms with Crippen molar-refractivity contribution in [2.24, 2.45) is 5.92 Å². The van der Waals surface area contributed by atoms with Gasteiger partial charge >= 0.3 is 0 Å². The van der Waals surface area contributed by atoms with Gasteiger partial charge in [-0.1, -0.05) is 5.16 Å². The lowest BCUT2D eigenvalue weighted by atomic mass is 10.0. The molecule has 0 N–H and O–H groups in total. The second-order valence-corrected chi connectivity index (χ2v) is 3.27. The van der Waals surface area contributed by atoms with Crippen molar-refractivity contribution in [3.8, 4) is 0 Å². The van der Waals surface area contributed by atoms with Crippen molar-refractivity contribution in [1.29, 1.82) is 0 Å². The number of aldehydes is 1. The first-order chi connectivity index (χ1) is 6.38. The molecule has 0 aromatic carbocycles. The number of ether oxygens (including phenoxy) is 1. The lowest BCUT2D eigenvalue weighted by Gasteiger charge is -2.01. The van der Waals surface area contributed by atoms with E-state index in [0.717, 1.165) is 31.8 Å². The monoisotopic (exact) mass is 181 g/mol. The largest absolute Gasteiger partial charge is 0.381 e. The van der Waals surface area contributed by atoms with E-state index in [-0.39, 0.29) is 0 Å². The van der Waals surface area contributed by atoms with Crippen LogP contribution in [0.1, 0.15) is 22.7 Å². The lowest BCUT2D eigenvalue weighted by molar-refractivity contribution is 0.111. The normalized spacial score (nSPS) is 22.0. The summed E-state index contributed by atoms with van der Waals surface area (Å²) in [6.07, 6.45) is 2.58. The summed E-state index contributed by atoms with van der Waals surface area (Å²) in [4.78, 5) is 10.3. The predicted octanol–water partition coefficient (Wildman–Crippen LogP) is 1.07. The van der Waals surface area contributed by atoms with Crippen molar-refractivity contribution in [3.05, 3.63) is 17.5 Å². The van der Waals surface area contributed by atoms with Gasteiger partial charge < -0.3 is 9.26 Å². The Morgan fingerprint density at radius 3 is 3.23 bits per heavy atom. The zero-order valence-electron chi connectivity index (χ0n) is 7.23. The Morgan fingerprint density at radius 2 is 2.62 bits per heavy atom. The fraction of sp³-hybridized carbons (Fsp3) is 0.556. The second kappa shape index (κ2) is 3.70.